The second kappa shape index (κ2) is 5.83. The Hall–Kier alpha value is -1.56. The molecule has 1 aromatic heterocycles. The van der Waals surface area contributed by atoms with Gasteiger partial charge in [0.25, 0.3) is 11.8 Å². The molecule has 1 heterocycles. The predicted octanol–water partition coefficient (Wildman–Crippen LogP) is 5.18. The number of rotatable bonds is 3. The molecule has 0 aliphatic heterocycles. The highest BCUT2D eigenvalue weighted by Crippen LogP contribution is 2.33. The highest BCUT2D eigenvalue weighted by Gasteiger charge is 2.16. The number of pyridine rings is 1. The lowest BCUT2D eigenvalue weighted by Gasteiger charge is -2.14. The fourth-order valence-corrected chi connectivity index (χ4v) is 2.05. The van der Waals surface area contributed by atoms with E-state index in [0.717, 1.165) is 10.0 Å². The Morgan fingerprint density at radius 1 is 1.10 bits per heavy atom. The largest absolute Gasteiger partial charge is 0.436 e. The van der Waals surface area contributed by atoms with Gasteiger partial charge in [-0.3, -0.25) is 0 Å². The molecule has 0 spiro atoms. The van der Waals surface area contributed by atoms with Crippen molar-refractivity contribution in [3.8, 4) is 11.6 Å². The summed E-state index contributed by atoms with van der Waals surface area (Å²) in [7, 11) is 0. The van der Waals surface area contributed by atoms with E-state index in [-0.39, 0.29) is 5.92 Å². The van der Waals surface area contributed by atoms with Crippen molar-refractivity contribution in [1.82, 2.24) is 4.98 Å². The summed E-state index contributed by atoms with van der Waals surface area (Å²) in [6, 6.07) is 5.55. The van der Waals surface area contributed by atoms with Crippen LogP contribution in [0.3, 0.4) is 0 Å². The lowest BCUT2D eigenvalue weighted by atomic mass is 10.0. The fraction of sp³-hybridized carbons (Fsp3) is 0.214. The normalized spacial score (nSPS) is 10.9. The van der Waals surface area contributed by atoms with E-state index in [1.807, 2.05) is 19.9 Å². The van der Waals surface area contributed by atoms with Gasteiger partial charge in [0.2, 0.25) is 0 Å². The Bertz CT molecular complexity index is 647. The molecule has 0 radical (unpaired) electrons. The van der Waals surface area contributed by atoms with E-state index in [1.165, 1.54) is 0 Å². The molecule has 0 saturated carbocycles. The fourth-order valence-electron chi connectivity index (χ4n) is 1.67. The van der Waals surface area contributed by atoms with Crippen LogP contribution in [0.4, 0.5) is 13.2 Å². The average Bonchev–Trinajstić information content (AvgIpc) is 2.37. The van der Waals surface area contributed by atoms with Crippen LogP contribution in [0, 0.1) is 17.6 Å². The Labute approximate surface area is 122 Å². The maximum absolute atomic E-state index is 13.5. The van der Waals surface area contributed by atoms with Crippen molar-refractivity contribution in [3.05, 3.63) is 51.9 Å². The Morgan fingerprint density at radius 3 is 2.45 bits per heavy atom. The molecule has 2 aromatic rings. The first kappa shape index (κ1) is 14.8. The maximum atomic E-state index is 13.5. The van der Waals surface area contributed by atoms with Gasteiger partial charge in [-0.1, -0.05) is 29.8 Å². The highest BCUT2D eigenvalue weighted by molar-refractivity contribution is 9.10. The average molecular weight is 346 g/mol. The number of benzene rings is 1. The summed E-state index contributed by atoms with van der Waals surface area (Å²) in [5, 5.41) is 0. The number of hydrogen-bond acceptors (Lipinski definition) is 2. The van der Waals surface area contributed by atoms with Gasteiger partial charge >= 0.3 is 0 Å². The van der Waals surface area contributed by atoms with Gasteiger partial charge in [-0.2, -0.15) is 9.37 Å². The SMILES string of the molecule is CC(C)c1cc(Br)ccc1Oc1nc(F)c(F)cc1F. The van der Waals surface area contributed by atoms with Crippen LogP contribution in [0.1, 0.15) is 25.3 Å². The van der Waals surface area contributed by atoms with Gasteiger partial charge < -0.3 is 4.74 Å². The van der Waals surface area contributed by atoms with Crippen molar-refractivity contribution in [1.29, 1.82) is 0 Å². The van der Waals surface area contributed by atoms with Gasteiger partial charge in [-0.15, -0.1) is 0 Å². The third kappa shape index (κ3) is 3.12. The van der Waals surface area contributed by atoms with Crippen LogP contribution < -0.4 is 4.74 Å². The molecule has 1 aromatic carbocycles. The second-order valence-corrected chi connectivity index (χ2v) is 5.40. The summed E-state index contributed by atoms with van der Waals surface area (Å²) in [4.78, 5) is 3.14. The van der Waals surface area contributed by atoms with Gasteiger partial charge in [-0.25, -0.2) is 8.78 Å². The molecule has 0 bridgehead atoms. The molecule has 2 nitrogen and oxygen atoms in total. The first-order valence-electron chi connectivity index (χ1n) is 5.87. The molecule has 0 aliphatic rings. The summed E-state index contributed by atoms with van der Waals surface area (Å²) in [5.41, 5.74) is 0.797. The minimum atomic E-state index is -1.40. The highest BCUT2D eigenvalue weighted by atomic mass is 79.9. The maximum Gasteiger partial charge on any atom is 0.258 e. The Kier molecular flexibility index (Phi) is 4.32. The molecule has 0 fully saturated rings. The van der Waals surface area contributed by atoms with Crippen molar-refractivity contribution < 1.29 is 17.9 Å². The molecule has 106 valence electrons. The van der Waals surface area contributed by atoms with E-state index in [0.29, 0.717) is 11.8 Å². The molecule has 2 rings (SSSR count). The first-order valence-corrected chi connectivity index (χ1v) is 6.66. The molecular formula is C14H11BrF3NO. The standard InChI is InChI=1S/C14H11BrF3NO/c1-7(2)9-5-8(15)3-4-12(9)20-14-11(17)6-10(16)13(18)19-14/h3-7H,1-2H3. The van der Waals surface area contributed by atoms with Crippen molar-refractivity contribution >= 4 is 15.9 Å². The smallest absolute Gasteiger partial charge is 0.258 e. The summed E-state index contributed by atoms with van der Waals surface area (Å²) in [6.45, 7) is 3.87. The number of aromatic nitrogens is 1. The van der Waals surface area contributed by atoms with Crippen LogP contribution in [0.2, 0.25) is 0 Å². The number of ether oxygens (including phenoxy) is 1. The third-order valence-electron chi connectivity index (χ3n) is 2.66. The van der Waals surface area contributed by atoms with Crippen molar-refractivity contribution in [2.45, 2.75) is 19.8 Å². The van der Waals surface area contributed by atoms with E-state index in [1.54, 1.807) is 12.1 Å². The van der Waals surface area contributed by atoms with Crippen LogP contribution in [0.5, 0.6) is 11.6 Å². The summed E-state index contributed by atoms with van der Waals surface area (Å²) < 4.78 is 45.5. The Balaban J connectivity index is 2.42. The van der Waals surface area contributed by atoms with Crippen molar-refractivity contribution in [3.63, 3.8) is 0 Å². The van der Waals surface area contributed by atoms with Gasteiger partial charge in [-0.05, 0) is 29.7 Å². The first-order chi connectivity index (χ1) is 9.38. The van der Waals surface area contributed by atoms with Crippen LogP contribution in [0.25, 0.3) is 0 Å². The lowest BCUT2D eigenvalue weighted by Crippen LogP contribution is -2.00. The van der Waals surface area contributed by atoms with Crippen LogP contribution in [-0.2, 0) is 0 Å². The molecule has 6 heteroatoms. The summed E-state index contributed by atoms with van der Waals surface area (Å²) in [5.74, 6) is -3.94. The predicted molar refractivity (Wildman–Crippen MR) is 72.4 cm³/mol. The molecule has 0 N–H and O–H groups in total. The van der Waals surface area contributed by atoms with Crippen LogP contribution in [0.15, 0.2) is 28.7 Å². The zero-order chi connectivity index (χ0) is 14.9. The summed E-state index contributed by atoms with van der Waals surface area (Å²) in [6.07, 6.45) is 0. The molecular weight excluding hydrogens is 335 g/mol. The minimum absolute atomic E-state index is 0.107. The molecule has 0 unspecified atom stereocenters. The molecule has 0 atom stereocenters. The Morgan fingerprint density at radius 2 is 1.80 bits per heavy atom. The van der Waals surface area contributed by atoms with E-state index in [2.05, 4.69) is 20.9 Å². The molecule has 0 saturated heterocycles. The zero-order valence-corrected chi connectivity index (χ0v) is 12.3. The molecule has 0 aliphatic carbocycles. The quantitative estimate of drug-likeness (QED) is 0.715. The third-order valence-corrected chi connectivity index (χ3v) is 3.15. The van der Waals surface area contributed by atoms with Crippen molar-refractivity contribution in [2.24, 2.45) is 0 Å². The molecule has 20 heavy (non-hydrogen) atoms. The number of nitrogens with zero attached hydrogens (tertiary/aromatic N) is 1. The monoisotopic (exact) mass is 345 g/mol. The van der Waals surface area contributed by atoms with E-state index in [9.17, 15) is 13.2 Å². The van der Waals surface area contributed by atoms with Crippen molar-refractivity contribution in [2.75, 3.05) is 0 Å². The summed E-state index contributed by atoms with van der Waals surface area (Å²) >= 11 is 3.33. The molecule has 0 amide bonds. The van der Waals surface area contributed by atoms with E-state index < -0.39 is 23.5 Å². The van der Waals surface area contributed by atoms with Gasteiger partial charge in [0.1, 0.15) is 5.75 Å². The number of hydrogen-bond donors (Lipinski definition) is 0. The second-order valence-electron chi connectivity index (χ2n) is 4.49. The van der Waals surface area contributed by atoms with Gasteiger partial charge in [0.05, 0.1) is 0 Å². The number of halogens is 4. The van der Waals surface area contributed by atoms with E-state index >= 15 is 0 Å². The minimum Gasteiger partial charge on any atom is -0.436 e. The van der Waals surface area contributed by atoms with Crippen LogP contribution in [-0.4, -0.2) is 4.98 Å². The van der Waals surface area contributed by atoms with Gasteiger partial charge in [0, 0.05) is 10.5 Å². The van der Waals surface area contributed by atoms with Gasteiger partial charge in [0.15, 0.2) is 11.6 Å². The lowest BCUT2D eigenvalue weighted by molar-refractivity contribution is 0.383. The zero-order valence-electron chi connectivity index (χ0n) is 10.8. The topological polar surface area (TPSA) is 22.1 Å². The van der Waals surface area contributed by atoms with E-state index in [4.69, 9.17) is 4.74 Å². The van der Waals surface area contributed by atoms with Crippen LogP contribution >= 0.6 is 15.9 Å².